The molecule has 1 aliphatic heterocycles. The number of nitrogens with zero attached hydrogens (tertiary/aromatic N) is 2. The van der Waals surface area contributed by atoms with Crippen LogP contribution in [0.2, 0.25) is 18.1 Å². The van der Waals surface area contributed by atoms with Crippen LogP contribution in [0, 0.1) is 0 Å². The fourth-order valence-corrected chi connectivity index (χ4v) is 5.56. The maximum atomic E-state index is 12.5. The molecule has 0 bridgehead atoms. The number of methoxy groups -OCH3 is 1. The first-order valence-corrected chi connectivity index (χ1v) is 14.6. The Hall–Kier alpha value is -2.71. The van der Waals surface area contributed by atoms with E-state index in [0.29, 0.717) is 18.4 Å². The van der Waals surface area contributed by atoms with Crippen LogP contribution in [0.15, 0.2) is 48.8 Å². The number of benzene rings is 1. The van der Waals surface area contributed by atoms with Crippen molar-refractivity contribution in [3.8, 4) is 0 Å². The first-order chi connectivity index (χ1) is 15.9. The molecule has 1 N–H and O–H groups in total. The van der Waals surface area contributed by atoms with Crippen LogP contribution < -0.4 is 0 Å². The van der Waals surface area contributed by atoms with E-state index in [1.54, 1.807) is 29.4 Å². The van der Waals surface area contributed by atoms with E-state index in [9.17, 15) is 14.7 Å². The summed E-state index contributed by atoms with van der Waals surface area (Å²) < 4.78 is 11.6. The Labute approximate surface area is 203 Å². The average Bonchev–Trinajstić information content (AvgIpc) is 3.20. The zero-order chi connectivity index (χ0) is 25.1. The standard InChI is InChI=1S/C26H36N2O5Si/c1-26(2,3)34(5,6)33-23(20-8-7-15-27-17-20)22-14-13-21(28(22)25(30)31)16-18-9-11-19(12-10-18)24(29)32-4/h7-12,15,17,21-23H,13-14,16H2,1-6H3,(H,30,31)/t21-,22+,23+/m0/s1. The van der Waals surface area contributed by atoms with Gasteiger partial charge in [-0.25, -0.2) is 9.59 Å². The van der Waals surface area contributed by atoms with Gasteiger partial charge in [0.15, 0.2) is 8.32 Å². The van der Waals surface area contributed by atoms with Crippen molar-refractivity contribution in [3.05, 3.63) is 65.5 Å². The molecule has 1 aliphatic rings. The van der Waals surface area contributed by atoms with Crippen molar-refractivity contribution in [2.24, 2.45) is 0 Å². The molecule has 0 aliphatic carbocycles. The molecule has 1 aromatic carbocycles. The van der Waals surface area contributed by atoms with Crippen molar-refractivity contribution in [1.29, 1.82) is 0 Å². The maximum absolute atomic E-state index is 12.5. The number of pyridine rings is 1. The van der Waals surface area contributed by atoms with Gasteiger partial charge in [-0.3, -0.25) is 9.88 Å². The summed E-state index contributed by atoms with van der Waals surface area (Å²) in [6.07, 6.45) is 4.22. The lowest BCUT2D eigenvalue weighted by atomic mass is 10.0. The lowest BCUT2D eigenvalue weighted by molar-refractivity contribution is 0.0596. The highest BCUT2D eigenvalue weighted by Crippen LogP contribution is 2.44. The second-order valence-corrected chi connectivity index (χ2v) is 15.2. The minimum atomic E-state index is -2.19. The fourth-order valence-electron chi connectivity index (χ4n) is 4.28. The smallest absolute Gasteiger partial charge is 0.407 e. The van der Waals surface area contributed by atoms with Gasteiger partial charge >= 0.3 is 12.1 Å². The molecule has 8 heteroatoms. The third-order valence-electron chi connectivity index (χ3n) is 7.20. The van der Waals surface area contributed by atoms with Crippen LogP contribution in [0.4, 0.5) is 4.79 Å². The van der Waals surface area contributed by atoms with Crippen LogP contribution in [0.3, 0.4) is 0 Å². The SMILES string of the molecule is COC(=O)c1ccc(C[C@@H]2CC[C@H]([C@H](O[Si](C)(C)C(C)(C)C)c3cccnc3)N2C(=O)O)cc1. The zero-order valence-electron chi connectivity index (χ0n) is 20.9. The molecule has 0 saturated carbocycles. The fraction of sp³-hybridized carbons (Fsp3) is 0.500. The molecule has 1 saturated heterocycles. The monoisotopic (exact) mass is 484 g/mol. The Balaban J connectivity index is 1.88. The summed E-state index contributed by atoms with van der Waals surface area (Å²) in [5, 5.41) is 10.2. The van der Waals surface area contributed by atoms with Gasteiger partial charge in [0.1, 0.15) is 0 Å². The topological polar surface area (TPSA) is 89.0 Å². The molecule has 1 aromatic heterocycles. The lowest BCUT2D eigenvalue weighted by Crippen LogP contribution is -2.49. The summed E-state index contributed by atoms with van der Waals surface area (Å²) in [6.45, 7) is 10.9. The molecule has 1 amide bonds. The Bertz CT molecular complexity index is 989. The third kappa shape index (κ3) is 5.67. The van der Waals surface area contributed by atoms with Gasteiger partial charge in [-0.1, -0.05) is 39.0 Å². The van der Waals surface area contributed by atoms with Crippen molar-refractivity contribution in [2.75, 3.05) is 7.11 Å². The Morgan fingerprint density at radius 1 is 1.18 bits per heavy atom. The van der Waals surface area contributed by atoms with Crippen LogP contribution in [0.25, 0.3) is 0 Å². The van der Waals surface area contributed by atoms with Crippen LogP contribution >= 0.6 is 0 Å². The highest BCUT2D eigenvalue weighted by molar-refractivity contribution is 6.74. The van der Waals surface area contributed by atoms with Crippen LogP contribution in [0.1, 0.15) is 61.2 Å². The Morgan fingerprint density at radius 3 is 2.38 bits per heavy atom. The zero-order valence-corrected chi connectivity index (χ0v) is 21.9. The summed E-state index contributed by atoms with van der Waals surface area (Å²) in [7, 11) is -0.839. The van der Waals surface area contributed by atoms with Crippen molar-refractivity contribution in [1.82, 2.24) is 9.88 Å². The highest BCUT2D eigenvalue weighted by Gasteiger charge is 2.46. The molecular weight excluding hydrogens is 448 g/mol. The average molecular weight is 485 g/mol. The quantitative estimate of drug-likeness (QED) is 0.401. The number of esters is 1. The normalized spacial score (nSPS) is 19.6. The summed E-state index contributed by atoms with van der Waals surface area (Å²) in [4.78, 5) is 30.1. The summed E-state index contributed by atoms with van der Waals surface area (Å²) in [5.41, 5.74) is 2.37. The van der Waals surface area contributed by atoms with Gasteiger partial charge in [0.25, 0.3) is 0 Å². The van der Waals surface area contributed by atoms with Gasteiger partial charge in [-0.15, -0.1) is 0 Å². The van der Waals surface area contributed by atoms with Crippen molar-refractivity contribution >= 4 is 20.4 Å². The predicted molar refractivity (Wildman–Crippen MR) is 133 cm³/mol. The van der Waals surface area contributed by atoms with Gasteiger partial charge in [0.05, 0.1) is 24.8 Å². The van der Waals surface area contributed by atoms with Gasteiger partial charge in [-0.05, 0) is 66.7 Å². The minimum Gasteiger partial charge on any atom is -0.465 e. The number of carbonyl (C=O) groups excluding carboxylic acids is 1. The Kier molecular flexibility index (Phi) is 7.83. The van der Waals surface area contributed by atoms with Crippen LogP contribution in [-0.2, 0) is 15.6 Å². The van der Waals surface area contributed by atoms with E-state index in [1.165, 1.54) is 7.11 Å². The second kappa shape index (κ2) is 10.3. The molecule has 184 valence electrons. The summed E-state index contributed by atoms with van der Waals surface area (Å²) in [5.74, 6) is -0.387. The minimum absolute atomic E-state index is 0.0130. The first-order valence-electron chi connectivity index (χ1n) is 11.7. The number of rotatable bonds is 7. The van der Waals surface area contributed by atoms with Gasteiger partial charge in [0.2, 0.25) is 0 Å². The van der Waals surface area contributed by atoms with E-state index in [2.05, 4.69) is 38.8 Å². The van der Waals surface area contributed by atoms with Gasteiger partial charge < -0.3 is 14.3 Å². The van der Waals surface area contributed by atoms with Gasteiger partial charge in [0, 0.05) is 18.4 Å². The van der Waals surface area contributed by atoms with Crippen molar-refractivity contribution in [2.45, 2.75) is 76.4 Å². The largest absolute Gasteiger partial charge is 0.465 e. The number of hydrogen-bond acceptors (Lipinski definition) is 5. The molecule has 0 spiro atoms. The van der Waals surface area contributed by atoms with Crippen LogP contribution in [-0.4, -0.2) is 54.6 Å². The first kappa shape index (κ1) is 25.9. The molecule has 0 unspecified atom stereocenters. The molecule has 34 heavy (non-hydrogen) atoms. The molecule has 0 radical (unpaired) electrons. The van der Waals surface area contributed by atoms with E-state index in [4.69, 9.17) is 9.16 Å². The number of carboxylic acid groups (broad SMARTS) is 1. The third-order valence-corrected chi connectivity index (χ3v) is 11.7. The Morgan fingerprint density at radius 2 is 1.85 bits per heavy atom. The maximum Gasteiger partial charge on any atom is 0.407 e. The van der Waals surface area contributed by atoms with Crippen molar-refractivity contribution < 1.29 is 23.9 Å². The summed E-state index contributed by atoms with van der Waals surface area (Å²) in [6, 6.07) is 10.6. The number of ether oxygens (including phenoxy) is 1. The number of likely N-dealkylation sites (tertiary alicyclic amines) is 1. The molecule has 3 atom stereocenters. The predicted octanol–water partition coefficient (Wildman–Crippen LogP) is 5.68. The number of carbonyl (C=O) groups is 2. The molecule has 3 rings (SSSR count). The molecule has 2 aromatic rings. The highest BCUT2D eigenvalue weighted by atomic mass is 28.4. The van der Waals surface area contributed by atoms with E-state index in [0.717, 1.165) is 17.5 Å². The molecular formula is C26H36N2O5Si. The molecule has 7 nitrogen and oxygen atoms in total. The molecule has 2 heterocycles. The van der Waals surface area contributed by atoms with E-state index in [-0.39, 0.29) is 29.2 Å². The number of hydrogen-bond donors (Lipinski definition) is 1. The molecule has 1 fully saturated rings. The second-order valence-electron chi connectivity index (χ2n) is 10.5. The van der Waals surface area contributed by atoms with E-state index < -0.39 is 14.4 Å². The summed E-state index contributed by atoms with van der Waals surface area (Å²) >= 11 is 0. The number of amides is 1. The number of aromatic nitrogens is 1. The van der Waals surface area contributed by atoms with Crippen LogP contribution in [0.5, 0.6) is 0 Å². The lowest BCUT2D eigenvalue weighted by Gasteiger charge is -2.42. The van der Waals surface area contributed by atoms with E-state index >= 15 is 0 Å². The van der Waals surface area contributed by atoms with Crippen molar-refractivity contribution in [3.63, 3.8) is 0 Å². The van der Waals surface area contributed by atoms with Gasteiger partial charge in [-0.2, -0.15) is 0 Å². The van der Waals surface area contributed by atoms with E-state index in [1.807, 2.05) is 24.3 Å².